The highest BCUT2D eigenvalue weighted by Gasteiger charge is 2.10. The van der Waals surface area contributed by atoms with Crippen molar-refractivity contribution in [1.82, 2.24) is 15.0 Å². The third kappa shape index (κ3) is 3.24. The monoisotopic (exact) mass is 332 g/mol. The number of benzene rings is 1. The Morgan fingerprint density at radius 2 is 1.96 bits per heavy atom. The maximum absolute atomic E-state index is 11.5. The maximum Gasteiger partial charge on any atom is 0.336 e. The van der Waals surface area contributed by atoms with Gasteiger partial charge in [-0.15, -0.1) is 0 Å². The standard InChI is InChI=1S/C15H13ClN4O3/c1-8-6-12(21)23-11-7-9(4-5-10(8)11)22-15-18-13(16)17-14(19-15)20(2)3/h4-7H,1-3H3. The van der Waals surface area contributed by atoms with Gasteiger partial charge in [-0.3, -0.25) is 0 Å². The van der Waals surface area contributed by atoms with Crippen LogP contribution in [0.2, 0.25) is 5.28 Å². The number of nitrogens with zero attached hydrogens (tertiary/aromatic N) is 4. The van der Waals surface area contributed by atoms with Crippen LogP contribution in [0.1, 0.15) is 5.56 Å². The number of fused-ring (bicyclic) bond motifs is 1. The van der Waals surface area contributed by atoms with Gasteiger partial charge in [-0.05, 0) is 36.2 Å². The van der Waals surface area contributed by atoms with Crippen LogP contribution in [-0.2, 0) is 0 Å². The summed E-state index contributed by atoms with van der Waals surface area (Å²) in [6, 6.07) is 6.65. The van der Waals surface area contributed by atoms with Crippen LogP contribution in [-0.4, -0.2) is 29.0 Å². The quantitative estimate of drug-likeness (QED) is 0.682. The maximum atomic E-state index is 11.5. The van der Waals surface area contributed by atoms with E-state index in [1.54, 1.807) is 37.2 Å². The number of rotatable bonds is 3. The van der Waals surface area contributed by atoms with Crippen LogP contribution in [0.3, 0.4) is 0 Å². The number of aryl methyl sites for hydroxylation is 1. The molecule has 0 aliphatic rings. The summed E-state index contributed by atoms with van der Waals surface area (Å²) in [5.41, 5.74) is 0.853. The molecule has 0 atom stereocenters. The van der Waals surface area contributed by atoms with Gasteiger partial charge in [0, 0.05) is 31.6 Å². The van der Waals surface area contributed by atoms with E-state index in [0.29, 0.717) is 17.3 Å². The van der Waals surface area contributed by atoms with Crippen LogP contribution >= 0.6 is 11.6 Å². The fourth-order valence-electron chi connectivity index (χ4n) is 2.04. The topological polar surface area (TPSA) is 81.3 Å². The Hall–Kier alpha value is -2.67. The van der Waals surface area contributed by atoms with Gasteiger partial charge in [0.2, 0.25) is 11.2 Å². The van der Waals surface area contributed by atoms with E-state index in [1.807, 2.05) is 6.92 Å². The highest BCUT2D eigenvalue weighted by Crippen LogP contribution is 2.25. The van der Waals surface area contributed by atoms with Crippen molar-refractivity contribution < 1.29 is 9.15 Å². The summed E-state index contributed by atoms with van der Waals surface area (Å²) in [4.78, 5) is 25.2. The Morgan fingerprint density at radius 3 is 2.70 bits per heavy atom. The van der Waals surface area contributed by atoms with Crippen LogP contribution in [0, 0.1) is 6.92 Å². The van der Waals surface area contributed by atoms with Gasteiger partial charge in [0.05, 0.1) is 0 Å². The third-order valence-corrected chi connectivity index (χ3v) is 3.28. The predicted octanol–water partition coefficient (Wildman–Crippen LogP) is 2.80. The number of hydrogen-bond donors (Lipinski definition) is 0. The van der Waals surface area contributed by atoms with Crippen molar-refractivity contribution in [3.63, 3.8) is 0 Å². The van der Waals surface area contributed by atoms with Gasteiger partial charge < -0.3 is 14.1 Å². The Morgan fingerprint density at radius 1 is 1.17 bits per heavy atom. The molecule has 3 rings (SSSR count). The molecule has 1 aromatic carbocycles. The molecule has 2 aromatic heterocycles. The second-order valence-corrected chi connectivity index (χ2v) is 5.43. The van der Waals surface area contributed by atoms with Crippen molar-refractivity contribution in [1.29, 1.82) is 0 Å². The minimum absolute atomic E-state index is 0.0295. The molecule has 0 spiro atoms. The second kappa shape index (κ2) is 5.85. The molecule has 0 radical (unpaired) electrons. The fraction of sp³-hybridized carbons (Fsp3) is 0.200. The molecule has 0 unspecified atom stereocenters. The average molecular weight is 333 g/mol. The highest BCUT2D eigenvalue weighted by molar-refractivity contribution is 6.28. The molecule has 0 N–H and O–H groups in total. The van der Waals surface area contributed by atoms with Gasteiger partial charge in [0.1, 0.15) is 11.3 Å². The molecular formula is C15H13ClN4O3. The first-order valence-electron chi connectivity index (χ1n) is 6.73. The molecule has 0 saturated carbocycles. The average Bonchev–Trinajstić information content (AvgIpc) is 2.45. The van der Waals surface area contributed by atoms with E-state index in [2.05, 4.69) is 15.0 Å². The summed E-state index contributed by atoms with van der Waals surface area (Å²) in [7, 11) is 3.56. The number of aromatic nitrogens is 3. The normalized spacial score (nSPS) is 10.8. The molecule has 0 amide bonds. The summed E-state index contributed by atoms with van der Waals surface area (Å²) in [6.45, 7) is 1.84. The largest absolute Gasteiger partial charge is 0.424 e. The first-order chi connectivity index (χ1) is 10.9. The summed E-state index contributed by atoms with van der Waals surface area (Å²) < 4.78 is 10.8. The van der Waals surface area contributed by atoms with E-state index in [1.165, 1.54) is 6.07 Å². The van der Waals surface area contributed by atoms with Gasteiger partial charge in [-0.2, -0.15) is 15.0 Å². The molecule has 0 fully saturated rings. The lowest BCUT2D eigenvalue weighted by Crippen LogP contribution is -2.13. The van der Waals surface area contributed by atoms with Crippen LogP contribution in [0.4, 0.5) is 5.95 Å². The van der Waals surface area contributed by atoms with Crippen molar-refractivity contribution in [2.45, 2.75) is 6.92 Å². The SMILES string of the molecule is Cc1cc(=O)oc2cc(Oc3nc(Cl)nc(N(C)C)n3)ccc12. The molecule has 0 saturated heterocycles. The van der Waals surface area contributed by atoms with Crippen molar-refractivity contribution in [2.24, 2.45) is 0 Å². The number of ether oxygens (including phenoxy) is 1. The minimum atomic E-state index is -0.412. The third-order valence-electron chi connectivity index (χ3n) is 3.11. The first kappa shape index (κ1) is 15.2. The molecule has 2 heterocycles. The zero-order chi connectivity index (χ0) is 16.6. The predicted molar refractivity (Wildman–Crippen MR) is 86.5 cm³/mol. The Labute approximate surface area is 136 Å². The number of halogens is 1. The van der Waals surface area contributed by atoms with Gasteiger partial charge in [-0.25, -0.2) is 4.79 Å². The number of hydrogen-bond acceptors (Lipinski definition) is 7. The fourth-order valence-corrected chi connectivity index (χ4v) is 2.19. The number of anilines is 1. The molecule has 0 bridgehead atoms. The summed E-state index contributed by atoms with van der Waals surface area (Å²) in [5.74, 6) is 0.807. The Bertz CT molecular complexity index is 940. The van der Waals surface area contributed by atoms with E-state index in [-0.39, 0.29) is 11.3 Å². The first-order valence-corrected chi connectivity index (χ1v) is 7.11. The Balaban J connectivity index is 2.00. The smallest absolute Gasteiger partial charge is 0.336 e. The molecule has 7 nitrogen and oxygen atoms in total. The van der Waals surface area contributed by atoms with Crippen LogP contribution in [0.25, 0.3) is 11.0 Å². The van der Waals surface area contributed by atoms with Crippen molar-refractivity contribution >= 4 is 28.5 Å². The van der Waals surface area contributed by atoms with Gasteiger partial charge in [0.15, 0.2) is 0 Å². The summed E-state index contributed by atoms with van der Waals surface area (Å²) in [6.07, 6.45) is 0. The van der Waals surface area contributed by atoms with E-state index >= 15 is 0 Å². The van der Waals surface area contributed by atoms with Gasteiger partial charge >= 0.3 is 11.6 Å². The second-order valence-electron chi connectivity index (χ2n) is 5.09. The molecule has 0 aliphatic heterocycles. The molecule has 118 valence electrons. The molecule has 23 heavy (non-hydrogen) atoms. The zero-order valence-corrected chi connectivity index (χ0v) is 13.5. The van der Waals surface area contributed by atoms with E-state index in [9.17, 15) is 4.79 Å². The van der Waals surface area contributed by atoms with Crippen molar-refractivity contribution in [3.05, 3.63) is 45.5 Å². The van der Waals surface area contributed by atoms with Crippen LogP contribution in [0.15, 0.2) is 33.5 Å². The van der Waals surface area contributed by atoms with E-state index < -0.39 is 5.63 Å². The van der Waals surface area contributed by atoms with Crippen molar-refractivity contribution in [3.8, 4) is 11.8 Å². The molecular weight excluding hydrogens is 320 g/mol. The van der Waals surface area contributed by atoms with Crippen LogP contribution in [0.5, 0.6) is 11.8 Å². The molecule has 3 aromatic rings. The Kier molecular flexibility index (Phi) is 3.87. The lowest BCUT2D eigenvalue weighted by atomic mass is 10.1. The van der Waals surface area contributed by atoms with E-state index in [0.717, 1.165) is 10.9 Å². The lowest BCUT2D eigenvalue weighted by Gasteiger charge is -2.11. The minimum Gasteiger partial charge on any atom is -0.424 e. The van der Waals surface area contributed by atoms with E-state index in [4.69, 9.17) is 20.8 Å². The zero-order valence-electron chi connectivity index (χ0n) is 12.7. The lowest BCUT2D eigenvalue weighted by molar-refractivity contribution is 0.438. The summed E-state index contributed by atoms with van der Waals surface area (Å²) in [5, 5.41) is 0.862. The van der Waals surface area contributed by atoms with Gasteiger partial charge in [0.25, 0.3) is 0 Å². The van der Waals surface area contributed by atoms with Gasteiger partial charge in [-0.1, -0.05) is 0 Å². The highest BCUT2D eigenvalue weighted by atomic mass is 35.5. The molecule has 0 aliphatic carbocycles. The molecule has 8 heteroatoms. The van der Waals surface area contributed by atoms with Crippen molar-refractivity contribution in [2.75, 3.05) is 19.0 Å². The van der Waals surface area contributed by atoms with Crippen LogP contribution < -0.4 is 15.3 Å². The summed E-state index contributed by atoms with van der Waals surface area (Å²) >= 11 is 5.87.